The highest BCUT2D eigenvalue weighted by Crippen LogP contribution is 2.47. The number of aromatic nitrogens is 1. The van der Waals surface area contributed by atoms with E-state index in [1.807, 2.05) is 52.0 Å². The summed E-state index contributed by atoms with van der Waals surface area (Å²) in [4.78, 5) is 25.2. The van der Waals surface area contributed by atoms with Crippen molar-refractivity contribution in [2.45, 2.75) is 59.8 Å². The molecule has 1 aliphatic carbocycles. The van der Waals surface area contributed by atoms with Gasteiger partial charge in [-0.3, -0.25) is 4.79 Å². The fourth-order valence-corrected chi connectivity index (χ4v) is 5.15. The average molecular weight is 488 g/mol. The third-order valence-corrected chi connectivity index (χ3v) is 6.86. The number of hydrogen-bond acceptors (Lipinski definition) is 4. The second kappa shape index (κ2) is 10.7. The molecule has 3 aromatic rings. The summed E-state index contributed by atoms with van der Waals surface area (Å²) >= 11 is 0. The van der Waals surface area contributed by atoms with Gasteiger partial charge in [-0.1, -0.05) is 67.1 Å². The van der Waals surface area contributed by atoms with Crippen LogP contribution in [-0.4, -0.2) is 29.8 Å². The molecule has 0 aliphatic heterocycles. The molecule has 2 aromatic carbocycles. The normalized spacial score (nSPS) is 18.8. The zero-order valence-corrected chi connectivity index (χ0v) is 22.0. The lowest BCUT2D eigenvalue weighted by atomic mass is 9.72. The Morgan fingerprint density at radius 2 is 1.72 bits per heavy atom. The van der Waals surface area contributed by atoms with E-state index in [-0.39, 0.29) is 23.9 Å². The number of carbonyl (C=O) groups is 2. The van der Waals surface area contributed by atoms with Crippen LogP contribution < -0.4 is 0 Å². The van der Waals surface area contributed by atoms with Crippen molar-refractivity contribution in [2.75, 3.05) is 13.2 Å². The van der Waals surface area contributed by atoms with Gasteiger partial charge < -0.3 is 9.47 Å². The number of ether oxygens (including phenoxy) is 2. The highest BCUT2D eigenvalue weighted by atomic mass is 16.5. The first-order valence-electron chi connectivity index (χ1n) is 13.0. The number of fused-ring (bicyclic) bond motifs is 3. The molecular formula is C31H37NO4. The topological polar surface area (TPSA) is 57.5 Å². The van der Waals surface area contributed by atoms with Gasteiger partial charge in [-0.2, -0.15) is 0 Å². The lowest BCUT2D eigenvalue weighted by molar-refractivity contribution is -0.153. The maximum Gasteiger partial charge on any atom is 0.418 e. The summed E-state index contributed by atoms with van der Waals surface area (Å²) in [6, 6.07) is 18.6. The minimum Gasteiger partial charge on any atom is -0.465 e. The van der Waals surface area contributed by atoms with E-state index in [0.29, 0.717) is 13.2 Å². The van der Waals surface area contributed by atoms with Crippen molar-refractivity contribution in [1.29, 1.82) is 0 Å². The fraction of sp³-hybridized carbons (Fsp3) is 0.419. The maximum atomic E-state index is 13.1. The van der Waals surface area contributed by atoms with Crippen molar-refractivity contribution in [3.05, 3.63) is 83.1 Å². The first-order valence-corrected chi connectivity index (χ1v) is 13.0. The standard InChI is InChI=1S/C31H37NO4/c1-6-35-30(34)32-25-18-11-10-17-24(25)28-26(32)20-21(2)23(27(28)22-14-8-7-9-15-22)16-12-13-19-36-29(33)31(3,4)5/h7-11,14-18,21,27H,6,12-13,19-20H2,1-5H3/b23-16+/t21-,27+/m0/s1. The Bertz CT molecular complexity index is 1260. The Labute approximate surface area is 214 Å². The van der Waals surface area contributed by atoms with Crippen LogP contribution in [0.5, 0.6) is 0 Å². The summed E-state index contributed by atoms with van der Waals surface area (Å²) in [5.41, 5.74) is 5.19. The predicted octanol–water partition coefficient (Wildman–Crippen LogP) is 7.27. The van der Waals surface area contributed by atoms with Crippen LogP contribution >= 0.6 is 0 Å². The third kappa shape index (κ3) is 5.11. The molecule has 1 heterocycles. The van der Waals surface area contributed by atoms with Crippen LogP contribution in [0, 0.1) is 11.3 Å². The molecule has 0 saturated carbocycles. The smallest absolute Gasteiger partial charge is 0.418 e. The highest BCUT2D eigenvalue weighted by Gasteiger charge is 2.36. The summed E-state index contributed by atoms with van der Waals surface area (Å²) in [5.74, 6) is 0.125. The number of hydrogen-bond donors (Lipinski definition) is 0. The Morgan fingerprint density at radius 1 is 1.03 bits per heavy atom. The van der Waals surface area contributed by atoms with E-state index >= 15 is 0 Å². The van der Waals surface area contributed by atoms with E-state index in [9.17, 15) is 9.59 Å². The second-order valence-corrected chi connectivity index (χ2v) is 10.6. The summed E-state index contributed by atoms with van der Waals surface area (Å²) in [6.07, 6.45) is 4.37. The van der Waals surface area contributed by atoms with Crippen LogP contribution in [0.4, 0.5) is 4.79 Å². The van der Waals surface area contributed by atoms with Gasteiger partial charge in [0.05, 0.1) is 24.1 Å². The van der Waals surface area contributed by atoms with Gasteiger partial charge in [0.1, 0.15) is 0 Å². The molecule has 1 aliphatic rings. The molecule has 0 unspecified atom stereocenters. The van der Waals surface area contributed by atoms with Crippen molar-refractivity contribution in [1.82, 2.24) is 4.57 Å². The van der Waals surface area contributed by atoms with Crippen LogP contribution in [-0.2, 0) is 20.7 Å². The quantitative estimate of drug-likeness (QED) is 0.208. The Hall–Kier alpha value is -3.34. The van der Waals surface area contributed by atoms with E-state index in [0.717, 1.165) is 35.9 Å². The minimum atomic E-state index is -0.488. The number of nitrogens with zero attached hydrogens (tertiary/aromatic N) is 1. The number of carbonyl (C=O) groups excluding carboxylic acids is 2. The van der Waals surface area contributed by atoms with Crippen LogP contribution in [0.25, 0.3) is 10.9 Å². The molecule has 0 spiro atoms. The van der Waals surface area contributed by atoms with Crippen LogP contribution in [0.1, 0.15) is 70.2 Å². The van der Waals surface area contributed by atoms with Gasteiger partial charge in [-0.05, 0) is 70.1 Å². The second-order valence-electron chi connectivity index (χ2n) is 10.6. The van der Waals surface area contributed by atoms with Crippen molar-refractivity contribution in [2.24, 2.45) is 11.3 Å². The number of para-hydroxylation sites is 1. The Balaban J connectivity index is 1.74. The first-order chi connectivity index (χ1) is 17.2. The zero-order chi connectivity index (χ0) is 25.9. The van der Waals surface area contributed by atoms with E-state index in [2.05, 4.69) is 43.3 Å². The summed E-state index contributed by atoms with van der Waals surface area (Å²) in [7, 11) is 0. The van der Waals surface area contributed by atoms with Gasteiger partial charge in [0.15, 0.2) is 0 Å². The van der Waals surface area contributed by atoms with Crippen LogP contribution in [0.3, 0.4) is 0 Å². The number of allylic oxidation sites excluding steroid dienone is 2. The fourth-order valence-electron chi connectivity index (χ4n) is 5.15. The van der Waals surface area contributed by atoms with Crippen molar-refractivity contribution < 1.29 is 19.1 Å². The molecule has 0 fully saturated rings. The van der Waals surface area contributed by atoms with E-state index in [1.54, 1.807) is 4.57 Å². The Morgan fingerprint density at radius 3 is 2.42 bits per heavy atom. The third-order valence-electron chi connectivity index (χ3n) is 6.86. The van der Waals surface area contributed by atoms with Gasteiger partial charge in [0.25, 0.3) is 0 Å². The molecule has 5 heteroatoms. The highest BCUT2D eigenvalue weighted by molar-refractivity contribution is 5.95. The monoisotopic (exact) mass is 487 g/mol. The maximum absolute atomic E-state index is 13.1. The van der Waals surface area contributed by atoms with E-state index in [1.165, 1.54) is 16.7 Å². The number of unbranched alkanes of at least 4 members (excludes halogenated alkanes) is 1. The molecular weight excluding hydrogens is 450 g/mol. The van der Waals surface area contributed by atoms with Gasteiger partial charge in [0, 0.05) is 17.0 Å². The molecule has 190 valence electrons. The lowest BCUT2D eigenvalue weighted by Gasteiger charge is -2.33. The number of esters is 1. The molecule has 1 aromatic heterocycles. The lowest BCUT2D eigenvalue weighted by Crippen LogP contribution is -2.25. The molecule has 4 rings (SSSR count). The molecule has 0 radical (unpaired) electrons. The number of rotatable bonds is 6. The van der Waals surface area contributed by atoms with Gasteiger partial charge >= 0.3 is 12.1 Å². The van der Waals surface area contributed by atoms with Crippen molar-refractivity contribution in [3.8, 4) is 0 Å². The predicted molar refractivity (Wildman–Crippen MR) is 143 cm³/mol. The average Bonchev–Trinajstić information content (AvgIpc) is 3.17. The molecule has 36 heavy (non-hydrogen) atoms. The largest absolute Gasteiger partial charge is 0.465 e. The molecule has 2 atom stereocenters. The first kappa shape index (κ1) is 25.7. The number of benzene rings is 2. The summed E-state index contributed by atoms with van der Waals surface area (Å²) in [5, 5.41) is 1.09. The molecule has 0 bridgehead atoms. The Kier molecular flexibility index (Phi) is 7.67. The van der Waals surface area contributed by atoms with Crippen LogP contribution in [0.2, 0.25) is 0 Å². The minimum absolute atomic E-state index is 0.0441. The molecule has 0 N–H and O–H groups in total. The van der Waals surface area contributed by atoms with E-state index in [4.69, 9.17) is 9.47 Å². The zero-order valence-electron chi connectivity index (χ0n) is 22.0. The summed E-state index contributed by atoms with van der Waals surface area (Å²) in [6.45, 7) is 10.4. The molecule has 5 nitrogen and oxygen atoms in total. The molecule has 0 saturated heterocycles. The van der Waals surface area contributed by atoms with Crippen LogP contribution in [0.15, 0.2) is 66.2 Å². The SMILES string of the molecule is CCOC(=O)n1c2c(c3ccccc31)[C@H](c1ccccc1)/C(=C/CCCOC(=O)C(C)(C)C)[C@@H](C)C2. The van der Waals surface area contributed by atoms with Crippen molar-refractivity contribution >= 4 is 23.0 Å². The van der Waals surface area contributed by atoms with Gasteiger partial charge in [-0.25, -0.2) is 9.36 Å². The van der Waals surface area contributed by atoms with Gasteiger partial charge in [0.2, 0.25) is 0 Å². The van der Waals surface area contributed by atoms with E-state index < -0.39 is 5.41 Å². The van der Waals surface area contributed by atoms with Crippen molar-refractivity contribution in [3.63, 3.8) is 0 Å². The summed E-state index contributed by atoms with van der Waals surface area (Å²) < 4.78 is 12.7. The molecule has 0 amide bonds. The van der Waals surface area contributed by atoms with Gasteiger partial charge in [-0.15, -0.1) is 0 Å².